The number of amides is 2. The van der Waals surface area contributed by atoms with Crippen LogP contribution in [-0.2, 0) is 0 Å². The zero-order valence-corrected chi connectivity index (χ0v) is 13.3. The lowest BCUT2D eigenvalue weighted by atomic mass is 10.0. The molecule has 4 nitrogen and oxygen atoms in total. The first-order valence-electron chi connectivity index (χ1n) is 6.00. The van der Waals surface area contributed by atoms with Gasteiger partial charge in [-0.1, -0.05) is 58.9 Å². The average molecular weight is 338 g/mol. The molecule has 0 spiro atoms. The molecule has 0 aromatic heterocycles. The van der Waals surface area contributed by atoms with E-state index in [-0.39, 0.29) is 11.9 Å². The van der Waals surface area contributed by atoms with Crippen molar-refractivity contribution in [3.63, 3.8) is 0 Å². The van der Waals surface area contributed by atoms with Gasteiger partial charge in [-0.3, -0.25) is 4.90 Å². The first kappa shape index (κ1) is 15.7. The molecule has 8 heteroatoms. The lowest BCUT2D eigenvalue weighted by Crippen LogP contribution is -2.28. The number of hydrogen-bond donors (Lipinski definition) is 0. The van der Waals surface area contributed by atoms with Crippen molar-refractivity contribution in [1.82, 2.24) is 9.65 Å². The van der Waals surface area contributed by atoms with Gasteiger partial charge in [-0.05, 0) is 35.6 Å². The second-order valence-corrected chi connectivity index (χ2v) is 7.29. The molecule has 2 amide bonds. The van der Waals surface area contributed by atoms with Gasteiger partial charge in [-0.2, -0.15) is 0 Å². The van der Waals surface area contributed by atoms with E-state index in [0.717, 1.165) is 21.9 Å². The Labute approximate surface area is 131 Å². The molecule has 1 heterocycles. The number of hydrogen-bond acceptors (Lipinski definition) is 3. The van der Waals surface area contributed by atoms with Crippen LogP contribution in [0.25, 0.3) is 0 Å². The Bertz CT molecular complexity index is 486. The number of benzene rings is 1. The minimum absolute atomic E-state index is 0.0127. The van der Waals surface area contributed by atoms with Gasteiger partial charge in [0.25, 0.3) is 0 Å². The van der Waals surface area contributed by atoms with Crippen molar-refractivity contribution in [1.29, 1.82) is 0 Å². The summed E-state index contributed by atoms with van der Waals surface area (Å²) in [6.07, 6.45) is 0. The Kier molecular flexibility index (Phi) is 5.01. The SMILES string of the molecule is CC(C)c1ccc(N2CN(SC(Cl)Cl)N(F)C2=O)cc1. The maximum Gasteiger partial charge on any atom is 0.370 e. The van der Waals surface area contributed by atoms with Crippen LogP contribution >= 0.6 is 35.1 Å². The summed E-state index contributed by atoms with van der Waals surface area (Å²) in [5, 5.41) is 0.0127. The Morgan fingerprint density at radius 2 is 1.85 bits per heavy atom. The molecular formula is C12H14Cl2FN3OS. The first-order chi connectivity index (χ1) is 9.40. The summed E-state index contributed by atoms with van der Waals surface area (Å²) in [7, 11) is 0. The largest absolute Gasteiger partial charge is 0.370 e. The van der Waals surface area contributed by atoms with Gasteiger partial charge in [0, 0.05) is 5.69 Å². The van der Waals surface area contributed by atoms with E-state index in [1.54, 1.807) is 12.1 Å². The lowest BCUT2D eigenvalue weighted by molar-refractivity contribution is -0.0290. The van der Waals surface area contributed by atoms with E-state index in [0.29, 0.717) is 11.6 Å². The summed E-state index contributed by atoms with van der Waals surface area (Å²) < 4.78 is 13.9. The number of urea groups is 1. The van der Waals surface area contributed by atoms with Gasteiger partial charge in [-0.25, -0.2) is 4.79 Å². The maximum atomic E-state index is 13.7. The van der Waals surface area contributed by atoms with Crippen LogP contribution in [0, 0.1) is 0 Å². The summed E-state index contributed by atoms with van der Waals surface area (Å²) in [5.41, 5.74) is 1.79. The molecule has 1 aromatic carbocycles. The third kappa shape index (κ3) is 3.31. The Balaban J connectivity index is 2.14. The third-order valence-corrected chi connectivity index (χ3v) is 4.06. The van der Waals surface area contributed by atoms with Crippen LogP contribution in [0.15, 0.2) is 24.3 Å². The van der Waals surface area contributed by atoms with Crippen molar-refractivity contribution in [2.45, 2.75) is 23.9 Å². The molecule has 0 N–H and O–H groups in total. The van der Waals surface area contributed by atoms with Crippen molar-refractivity contribution in [3.05, 3.63) is 29.8 Å². The minimum Gasteiger partial charge on any atom is -0.275 e. The van der Waals surface area contributed by atoms with Gasteiger partial charge < -0.3 is 0 Å². The Morgan fingerprint density at radius 1 is 1.25 bits per heavy atom. The molecule has 0 atom stereocenters. The zero-order valence-electron chi connectivity index (χ0n) is 11.0. The highest BCUT2D eigenvalue weighted by atomic mass is 35.5. The Hall–Kier alpha value is -0.690. The van der Waals surface area contributed by atoms with Gasteiger partial charge in [0.15, 0.2) is 4.17 Å². The van der Waals surface area contributed by atoms with Gasteiger partial charge in [-0.15, -0.1) is 4.41 Å². The molecule has 0 bridgehead atoms. The van der Waals surface area contributed by atoms with E-state index in [1.165, 1.54) is 4.90 Å². The predicted octanol–water partition coefficient (Wildman–Crippen LogP) is 4.52. The molecule has 1 aliphatic rings. The molecule has 1 aliphatic heterocycles. The number of alkyl halides is 2. The number of rotatable bonds is 4. The van der Waals surface area contributed by atoms with Crippen molar-refractivity contribution in [3.8, 4) is 0 Å². The van der Waals surface area contributed by atoms with E-state index in [9.17, 15) is 9.28 Å². The second kappa shape index (κ2) is 6.39. The van der Waals surface area contributed by atoms with Crippen molar-refractivity contribution in [2.75, 3.05) is 11.6 Å². The molecule has 0 unspecified atom stereocenters. The van der Waals surface area contributed by atoms with Gasteiger partial charge in [0.2, 0.25) is 0 Å². The van der Waals surface area contributed by atoms with Gasteiger partial charge >= 0.3 is 6.03 Å². The van der Waals surface area contributed by atoms with Gasteiger partial charge in [0.05, 0.1) is 0 Å². The van der Waals surface area contributed by atoms with E-state index in [1.807, 2.05) is 12.1 Å². The fourth-order valence-corrected chi connectivity index (χ4v) is 2.90. The van der Waals surface area contributed by atoms with E-state index >= 15 is 0 Å². The Morgan fingerprint density at radius 3 is 2.35 bits per heavy atom. The molecule has 20 heavy (non-hydrogen) atoms. The lowest BCUT2D eigenvalue weighted by Gasteiger charge is -2.16. The molecule has 1 fully saturated rings. The number of halogens is 3. The van der Waals surface area contributed by atoms with Crippen LogP contribution < -0.4 is 4.90 Å². The minimum atomic E-state index is -0.843. The molecule has 1 saturated heterocycles. The highest BCUT2D eigenvalue weighted by molar-refractivity contribution is 8.00. The second-order valence-electron chi connectivity index (χ2n) is 4.58. The first-order valence-corrected chi connectivity index (χ1v) is 7.71. The monoisotopic (exact) mass is 337 g/mol. The molecule has 0 saturated carbocycles. The highest BCUT2D eigenvalue weighted by Crippen LogP contribution is 2.33. The van der Waals surface area contributed by atoms with Crippen molar-refractivity contribution < 1.29 is 9.28 Å². The topological polar surface area (TPSA) is 26.8 Å². The number of anilines is 1. The highest BCUT2D eigenvalue weighted by Gasteiger charge is 2.38. The molecule has 1 aromatic rings. The quantitative estimate of drug-likeness (QED) is 0.459. The average Bonchev–Trinajstić information content (AvgIpc) is 2.67. The maximum absolute atomic E-state index is 13.7. The van der Waals surface area contributed by atoms with Crippen LogP contribution in [0.4, 0.5) is 15.0 Å². The molecule has 0 aliphatic carbocycles. The molecule has 2 rings (SSSR count). The van der Waals surface area contributed by atoms with E-state index in [4.69, 9.17) is 23.2 Å². The fourth-order valence-electron chi connectivity index (χ4n) is 1.83. The number of nitrogens with zero attached hydrogens (tertiary/aromatic N) is 3. The molecular weight excluding hydrogens is 324 g/mol. The van der Waals surface area contributed by atoms with Crippen molar-refractivity contribution >= 4 is 46.9 Å². The summed E-state index contributed by atoms with van der Waals surface area (Å²) in [5.74, 6) is 0.399. The van der Waals surface area contributed by atoms with Crippen LogP contribution in [0.2, 0.25) is 0 Å². The van der Waals surface area contributed by atoms with Crippen LogP contribution in [0.1, 0.15) is 25.3 Å². The normalized spacial score (nSPS) is 16.9. The van der Waals surface area contributed by atoms with Crippen LogP contribution in [-0.4, -0.2) is 26.5 Å². The molecule has 0 radical (unpaired) electrons. The summed E-state index contributed by atoms with van der Waals surface area (Å²) in [6, 6.07) is 6.70. The smallest absolute Gasteiger partial charge is 0.275 e. The molecule has 110 valence electrons. The van der Waals surface area contributed by atoms with E-state index < -0.39 is 10.2 Å². The number of carbonyl (C=O) groups is 1. The van der Waals surface area contributed by atoms with Crippen molar-refractivity contribution in [2.24, 2.45) is 0 Å². The van der Waals surface area contributed by atoms with Gasteiger partial charge in [0.1, 0.15) is 6.67 Å². The zero-order chi connectivity index (χ0) is 14.9. The standard InChI is InChI=1S/C12H14Cl2FN3OS/c1-8(2)9-3-5-10(6-4-9)16-7-17(20-11(13)14)18(15)12(16)19/h3-6,8,11H,7H2,1-2H3. The third-order valence-electron chi connectivity index (χ3n) is 2.92. The summed E-state index contributed by atoms with van der Waals surface area (Å²) in [6.45, 7) is 4.22. The van der Waals surface area contributed by atoms with Crippen LogP contribution in [0.3, 0.4) is 0 Å². The fraction of sp³-hybridized carbons (Fsp3) is 0.417. The number of carbonyl (C=O) groups excluding carboxylic acids is 1. The van der Waals surface area contributed by atoms with E-state index in [2.05, 4.69) is 13.8 Å². The van der Waals surface area contributed by atoms with Crippen LogP contribution in [0.5, 0.6) is 0 Å². The predicted molar refractivity (Wildman–Crippen MR) is 81.1 cm³/mol. The summed E-state index contributed by atoms with van der Waals surface area (Å²) in [4.78, 5) is 13.2. The number of hydrazine groups is 1. The summed E-state index contributed by atoms with van der Waals surface area (Å²) >= 11 is 12.0.